The third-order valence-electron chi connectivity index (χ3n) is 11.7. The van der Waals surface area contributed by atoms with E-state index in [9.17, 15) is 0 Å². The van der Waals surface area contributed by atoms with Gasteiger partial charge >= 0.3 is 0 Å². The molecular formula is C45H41N3. The quantitative estimate of drug-likeness (QED) is 0.191. The van der Waals surface area contributed by atoms with Crippen molar-refractivity contribution in [1.82, 2.24) is 14.0 Å². The second-order valence-corrected chi connectivity index (χ2v) is 14.5. The van der Waals surface area contributed by atoms with Crippen LogP contribution in [0.3, 0.4) is 0 Å². The van der Waals surface area contributed by atoms with Crippen molar-refractivity contribution in [3.63, 3.8) is 0 Å². The van der Waals surface area contributed by atoms with Gasteiger partial charge in [0, 0.05) is 27.4 Å². The molecule has 0 unspecified atom stereocenters. The first-order chi connectivity index (χ1) is 23.8. The van der Waals surface area contributed by atoms with E-state index >= 15 is 0 Å². The standard InChI is InChI=1S/C45H41N3/c1-3-11-30(12-4-1)33-21-25-41-37(27-33)38-28-34(31-13-5-2-6-14-31)22-26-42(38)47(41)35-23-19-32(20-24-35)45-36-15-7-9-17-40(36)48-43-18-10-8-16-39(43)46-29-44(45)48/h7-10,15-31H,1-6,11-14H2. The normalized spacial score (nSPS) is 16.6. The largest absolute Gasteiger partial charge is 0.309 e. The molecule has 2 saturated carbocycles. The predicted octanol–water partition coefficient (Wildman–Crippen LogP) is 12.5. The van der Waals surface area contributed by atoms with E-state index in [1.807, 2.05) is 6.20 Å². The van der Waals surface area contributed by atoms with Gasteiger partial charge in [0.05, 0.1) is 39.3 Å². The summed E-state index contributed by atoms with van der Waals surface area (Å²) < 4.78 is 4.89. The van der Waals surface area contributed by atoms with Gasteiger partial charge in [0.25, 0.3) is 0 Å². The maximum Gasteiger partial charge on any atom is 0.0871 e. The second-order valence-electron chi connectivity index (χ2n) is 14.5. The van der Waals surface area contributed by atoms with Gasteiger partial charge in [-0.15, -0.1) is 0 Å². The molecule has 8 aromatic rings. The van der Waals surface area contributed by atoms with Crippen LogP contribution in [0, 0.1) is 0 Å². The number of rotatable bonds is 4. The molecule has 2 fully saturated rings. The summed E-state index contributed by atoms with van der Waals surface area (Å²) in [5, 5.41) is 4.08. The first-order valence-corrected chi connectivity index (χ1v) is 18.3. The third-order valence-corrected chi connectivity index (χ3v) is 11.7. The zero-order valence-electron chi connectivity index (χ0n) is 27.5. The van der Waals surface area contributed by atoms with E-state index in [4.69, 9.17) is 4.98 Å². The number of hydrogen-bond donors (Lipinski definition) is 0. The minimum absolute atomic E-state index is 0.695. The maximum atomic E-state index is 4.87. The van der Waals surface area contributed by atoms with Crippen LogP contribution in [0.5, 0.6) is 0 Å². The lowest BCUT2D eigenvalue weighted by Crippen LogP contribution is -2.04. The highest BCUT2D eigenvalue weighted by molar-refractivity contribution is 6.10. The number of hydrogen-bond acceptors (Lipinski definition) is 1. The molecule has 236 valence electrons. The lowest BCUT2D eigenvalue weighted by molar-refractivity contribution is 0.444. The topological polar surface area (TPSA) is 22.2 Å². The summed E-state index contributed by atoms with van der Waals surface area (Å²) in [7, 11) is 0. The minimum atomic E-state index is 0.695. The fourth-order valence-corrected chi connectivity index (χ4v) is 9.33. The Hall–Kier alpha value is -4.89. The maximum absolute atomic E-state index is 4.87. The number of para-hydroxylation sites is 3. The second kappa shape index (κ2) is 11.4. The number of benzene rings is 5. The molecule has 0 amide bonds. The molecule has 0 aliphatic heterocycles. The third kappa shape index (κ3) is 4.44. The van der Waals surface area contributed by atoms with Crippen molar-refractivity contribution in [1.29, 1.82) is 0 Å². The Bertz CT molecular complexity index is 2390. The Labute approximate surface area is 281 Å². The van der Waals surface area contributed by atoms with Crippen LogP contribution in [0.2, 0.25) is 0 Å². The Balaban J connectivity index is 1.14. The van der Waals surface area contributed by atoms with Gasteiger partial charge in [-0.05, 0) is 109 Å². The van der Waals surface area contributed by atoms with E-state index in [-0.39, 0.29) is 0 Å². The molecule has 3 nitrogen and oxygen atoms in total. The van der Waals surface area contributed by atoms with E-state index in [0.29, 0.717) is 11.8 Å². The average Bonchev–Trinajstić information content (AvgIpc) is 3.68. The van der Waals surface area contributed by atoms with Gasteiger partial charge in [-0.3, -0.25) is 4.98 Å². The zero-order valence-corrected chi connectivity index (χ0v) is 27.5. The van der Waals surface area contributed by atoms with Crippen molar-refractivity contribution in [3.05, 3.63) is 127 Å². The Morgan fingerprint density at radius 1 is 0.479 bits per heavy atom. The molecule has 0 bridgehead atoms. The first kappa shape index (κ1) is 28.2. The number of nitrogens with zero attached hydrogens (tertiary/aromatic N) is 3. The van der Waals surface area contributed by atoms with Crippen molar-refractivity contribution in [2.45, 2.75) is 76.0 Å². The van der Waals surface area contributed by atoms with Crippen molar-refractivity contribution in [3.8, 4) is 16.8 Å². The van der Waals surface area contributed by atoms with Gasteiger partial charge in [-0.2, -0.15) is 0 Å². The van der Waals surface area contributed by atoms with Crippen molar-refractivity contribution < 1.29 is 0 Å². The fourth-order valence-electron chi connectivity index (χ4n) is 9.33. The lowest BCUT2D eigenvalue weighted by Gasteiger charge is -2.22. The molecule has 0 atom stereocenters. The van der Waals surface area contributed by atoms with Crippen LogP contribution in [-0.2, 0) is 0 Å². The van der Waals surface area contributed by atoms with E-state index in [1.54, 1.807) is 0 Å². The summed E-state index contributed by atoms with van der Waals surface area (Å²) in [4.78, 5) is 4.87. The molecule has 5 aromatic carbocycles. The molecule has 10 rings (SSSR count). The summed E-state index contributed by atoms with van der Waals surface area (Å²) >= 11 is 0. The summed E-state index contributed by atoms with van der Waals surface area (Å²) in [6, 6.07) is 41.3. The van der Waals surface area contributed by atoms with E-state index in [0.717, 1.165) is 16.6 Å². The van der Waals surface area contributed by atoms with E-state index < -0.39 is 0 Å². The predicted molar refractivity (Wildman–Crippen MR) is 202 cm³/mol. The molecule has 0 N–H and O–H groups in total. The van der Waals surface area contributed by atoms with Crippen LogP contribution in [-0.4, -0.2) is 14.0 Å². The SMILES string of the molecule is c1ccc2c(c1)ncc1c(-c3ccc(-n4c5ccc(C6CCCCC6)cc5c5cc(C6CCCCC6)ccc54)cc3)c3ccccc3n12. The minimum Gasteiger partial charge on any atom is -0.309 e. The van der Waals surface area contributed by atoms with Crippen LogP contribution in [0.25, 0.3) is 66.1 Å². The summed E-state index contributed by atoms with van der Waals surface area (Å²) in [6.45, 7) is 0. The molecular weight excluding hydrogens is 583 g/mol. The Morgan fingerprint density at radius 2 is 1.06 bits per heavy atom. The zero-order chi connectivity index (χ0) is 31.6. The van der Waals surface area contributed by atoms with Gasteiger partial charge in [0.2, 0.25) is 0 Å². The molecule has 2 aliphatic carbocycles. The van der Waals surface area contributed by atoms with Gasteiger partial charge in [-0.25, -0.2) is 0 Å². The van der Waals surface area contributed by atoms with Crippen molar-refractivity contribution in [2.75, 3.05) is 0 Å². The van der Waals surface area contributed by atoms with Gasteiger partial charge in [-0.1, -0.05) is 93.1 Å². The summed E-state index contributed by atoms with van der Waals surface area (Å²) in [5.74, 6) is 1.39. The first-order valence-electron chi connectivity index (χ1n) is 18.3. The van der Waals surface area contributed by atoms with Crippen molar-refractivity contribution in [2.24, 2.45) is 0 Å². The highest BCUT2D eigenvalue weighted by Gasteiger charge is 2.22. The van der Waals surface area contributed by atoms with Crippen LogP contribution >= 0.6 is 0 Å². The van der Waals surface area contributed by atoms with Gasteiger partial charge in [0.15, 0.2) is 0 Å². The fraction of sp³-hybridized carbons (Fsp3) is 0.267. The molecule has 3 aromatic heterocycles. The van der Waals surface area contributed by atoms with E-state index in [1.165, 1.54) is 125 Å². The monoisotopic (exact) mass is 623 g/mol. The van der Waals surface area contributed by atoms with Crippen LogP contribution in [0.4, 0.5) is 0 Å². The molecule has 2 aliphatic rings. The van der Waals surface area contributed by atoms with E-state index in [2.05, 4.69) is 118 Å². The van der Waals surface area contributed by atoms with Gasteiger partial charge < -0.3 is 8.97 Å². The molecule has 3 heteroatoms. The number of fused-ring (bicyclic) bond motifs is 8. The van der Waals surface area contributed by atoms with Crippen LogP contribution in [0.15, 0.2) is 115 Å². The van der Waals surface area contributed by atoms with Crippen molar-refractivity contribution >= 4 is 49.3 Å². The highest BCUT2D eigenvalue weighted by atomic mass is 15.0. The molecule has 0 spiro atoms. The van der Waals surface area contributed by atoms with Crippen LogP contribution < -0.4 is 0 Å². The Morgan fingerprint density at radius 3 is 1.71 bits per heavy atom. The van der Waals surface area contributed by atoms with Gasteiger partial charge in [0.1, 0.15) is 0 Å². The smallest absolute Gasteiger partial charge is 0.0871 e. The molecule has 0 radical (unpaired) electrons. The summed E-state index contributed by atoms with van der Waals surface area (Å²) in [6.07, 6.45) is 15.6. The van der Waals surface area contributed by atoms with Crippen LogP contribution in [0.1, 0.15) is 87.2 Å². The lowest BCUT2D eigenvalue weighted by atomic mass is 9.83. The molecule has 0 saturated heterocycles. The molecule has 3 heterocycles. The highest BCUT2D eigenvalue weighted by Crippen LogP contribution is 2.42. The molecule has 48 heavy (non-hydrogen) atoms. The number of aromatic nitrogens is 3. The average molecular weight is 624 g/mol. The Kier molecular flexibility index (Phi) is 6.67. The summed E-state index contributed by atoms with van der Waals surface area (Å²) in [5.41, 5.74) is 13.9.